The summed E-state index contributed by atoms with van der Waals surface area (Å²) in [6, 6.07) is 12.7. The Morgan fingerprint density at radius 3 is 2.33 bits per heavy atom. The molecule has 0 aromatic heterocycles. The van der Waals surface area contributed by atoms with Crippen molar-refractivity contribution in [3.8, 4) is 5.75 Å². The molecule has 0 aliphatic heterocycles. The zero-order valence-electron chi connectivity index (χ0n) is 12.5. The van der Waals surface area contributed by atoms with Crippen LogP contribution in [0.3, 0.4) is 0 Å². The molecule has 24 heavy (non-hydrogen) atoms. The SMILES string of the molecule is COc1ccc([Te]/C=C(\Cl)OC(=O)c2ccc([N+](=O)[O-])cc2)cc1. The molecule has 0 aliphatic rings. The predicted molar refractivity (Wildman–Crippen MR) is 90.8 cm³/mol. The van der Waals surface area contributed by atoms with Crippen LogP contribution in [-0.2, 0) is 4.74 Å². The van der Waals surface area contributed by atoms with E-state index < -0.39 is 31.8 Å². The van der Waals surface area contributed by atoms with Crippen molar-refractivity contribution < 1.29 is 19.2 Å². The van der Waals surface area contributed by atoms with E-state index in [0.717, 1.165) is 9.36 Å². The van der Waals surface area contributed by atoms with Crippen LogP contribution in [0.4, 0.5) is 5.69 Å². The first-order chi connectivity index (χ1) is 11.5. The molecular formula is C16H12ClNO5Te. The average molecular weight is 461 g/mol. The molecule has 2 rings (SSSR count). The number of carbonyl (C=O) groups excluding carboxylic acids is 1. The topological polar surface area (TPSA) is 78.7 Å². The number of hydrogen-bond acceptors (Lipinski definition) is 5. The molecule has 124 valence electrons. The molecule has 8 heteroatoms. The van der Waals surface area contributed by atoms with Gasteiger partial charge < -0.3 is 0 Å². The Morgan fingerprint density at radius 2 is 1.79 bits per heavy atom. The fourth-order valence-electron chi connectivity index (χ4n) is 1.66. The van der Waals surface area contributed by atoms with Crippen LogP contribution < -0.4 is 8.35 Å². The van der Waals surface area contributed by atoms with Crippen LogP contribution in [0.1, 0.15) is 10.4 Å². The summed E-state index contributed by atoms with van der Waals surface area (Å²) >= 11 is 5.18. The molecule has 0 heterocycles. The zero-order chi connectivity index (χ0) is 17.5. The average Bonchev–Trinajstić information content (AvgIpc) is 2.60. The molecule has 0 atom stereocenters. The molecule has 0 N–H and O–H groups in total. The molecule has 0 fully saturated rings. The van der Waals surface area contributed by atoms with E-state index in [0.29, 0.717) is 0 Å². The summed E-state index contributed by atoms with van der Waals surface area (Å²) in [5, 5.41) is 10.6. The van der Waals surface area contributed by atoms with E-state index in [1.54, 1.807) is 11.2 Å². The molecule has 0 spiro atoms. The number of hydrogen-bond donors (Lipinski definition) is 0. The second-order valence-electron chi connectivity index (χ2n) is 4.41. The van der Waals surface area contributed by atoms with E-state index in [-0.39, 0.29) is 16.5 Å². The number of rotatable bonds is 6. The molecule has 2 aromatic carbocycles. The van der Waals surface area contributed by atoms with Gasteiger partial charge in [-0.15, -0.1) is 0 Å². The second-order valence-corrected chi connectivity index (χ2v) is 7.47. The van der Waals surface area contributed by atoms with Gasteiger partial charge in [0.1, 0.15) is 0 Å². The van der Waals surface area contributed by atoms with Crippen LogP contribution in [0.25, 0.3) is 0 Å². The van der Waals surface area contributed by atoms with E-state index >= 15 is 0 Å². The van der Waals surface area contributed by atoms with Crippen LogP contribution >= 0.6 is 11.6 Å². The molecule has 0 saturated carbocycles. The molecule has 0 amide bonds. The Kier molecular flexibility index (Phi) is 6.62. The van der Waals surface area contributed by atoms with Gasteiger partial charge in [-0.05, 0) is 0 Å². The van der Waals surface area contributed by atoms with E-state index in [9.17, 15) is 14.9 Å². The van der Waals surface area contributed by atoms with Gasteiger partial charge in [-0.2, -0.15) is 0 Å². The van der Waals surface area contributed by atoms with Crippen LogP contribution in [-0.4, -0.2) is 38.9 Å². The van der Waals surface area contributed by atoms with Gasteiger partial charge >= 0.3 is 153 Å². The summed E-state index contributed by atoms with van der Waals surface area (Å²) in [6.45, 7) is 0. The summed E-state index contributed by atoms with van der Waals surface area (Å²) in [4.78, 5) is 21.9. The fourth-order valence-corrected chi connectivity index (χ4v) is 3.66. The maximum absolute atomic E-state index is 11.9. The van der Waals surface area contributed by atoms with Crippen molar-refractivity contribution in [2.45, 2.75) is 0 Å². The molecule has 0 saturated heterocycles. The Morgan fingerprint density at radius 1 is 1.17 bits per heavy atom. The molecule has 0 unspecified atom stereocenters. The Hall–Kier alpha value is -2.07. The summed E-state index contributed by atoms with van der Waals surface area (Å²) in [5.74, 6) is 0.110. The standard InChI is InChI=1S/C16H12ClNO5Te/c1-22-13-6-8-14(9-7-13)24-10-15(17)23-16(19)11-2-4-12(5-3-11)18(20)21/h2-10H,1H3/b15-10+. The van der Waals surface area contributed by atoms with E-state index in [1.807, 2.05) is 24.3 Å². The maximum atomic E-state index is 11.9. The normalized spacial score (nSPS) is 11.0. The molecular weight excluding hydrogens is 449 g/mol. The van der Waals surface area contributed by atoms with E-state index in [4.69, 9.17) is 21.1 Å². The van der Waals surface area contributed by atoms with Crippen LogP contribution in [0.15, 0.2) is 57.9 Å². The van der Waals surface area contributed by atoms with Gasteiger partial charge in [0.25, 0.3) is 0 Å². The van der Waals surface area contributed by atoms with E-state index in [2.05, 4.69) is 0 Å². The number of nitro groups is 1. The van der Waals surface area contributed by atoms with Crippen molar-refractivity contribution in [2.24, 2.45) is 0 Å². The number of esters is 1. The summed E-state index contributed by atoms with van der Waals surface area (Å²) in [7, 11) is 1.60. The van der Waals surface area contributed by atoms with Gasteiger partial charge in [-0.25, -0.2) is 0 Å². The number of non-ortho nitro benzene ring substituents is 1. The number of carbonyl (C=O) groups is 1. The van der Waals surface area contributed by atoms with Gasteiger partial charge in [-0.3, -0.25) is 0 Å². The second kappa shape index (κ2) is 8.69. The molecule has 6 nitrogen and oxygen atoms in total. The summed E-state index contributed by atoms with van der Waals surface area (Å²) in [5.41, 5.74) is 0.0943. The van der Waals surface area contributed by atoms with Crippen molar-refractivity contribution >= 4 is 47.8 Å². The summed E-state index contributed by atoms with van der Waals surface area (Å²) < 4.78 is 12.9. The van der Waals surface area contributed by atoms with E-state index in [1.165, 1.54) is 24.3 Å². The third kappa shape index (κ3) is 5.24. The summed E-state index contributed by atoms with van der Waals surface area (Å²) in [6.07, 6.45) is 0. The monoisotopic (exact) mass is 463 g/mol. The van der Waals surface area contributed by atoms with Crippen LogP contribution in [0.5, 0.6) is 5.75 Å². The van der Waals surface area contributed by atoms with Crippen molar-refractivity contribution in [1.82, 2.24) is 0 Å². The number of ether oxygens (including phenoxy) is 2. The van der Waals surface area contributed by atoms with Gasteiger partial charge in [0.15, 0.2) is 0 Å². The van der Waals surface area contributed by atoms with Crippen LogP contribution in [0.2, 0.25) is 0 Å². The first-order valence-corrected chi connectivity index (χ1v) is 9.51. The minimum atomic E-state index is -0.754. The Balaban J connectivity index is 1.95. The molecule has 2 aromatic rings. The van der Waals surface area contributed by atoms with Gasteiger partial charge in [0.2, 0.25) is 0 Å². The number of methoxy groups -OCH3 is 1. The van der Waals surface area contributed by atoms with Gasteiger partial charge in [-0.1, -0.05) is 0 Å². The first-order valence-electron chi connectivity index (χ1n) is 6.62. The molecule has 0 bridgehead atoms. The van der Waals surface area contributed by atoms with Crippen molar-refractivity contribution in [2.75, 3.05) is 7.11 Å². The van der Waals surface area contributed by atoms with Crippen molar-refractivity contribution in [3.63, 3.8) is 0 Å². The fraction of sp³-hybridized carbons (Fsp3) is 0.0625. The quantitative estimate of drug-likeness (QED) is 0.217. The zero-order valence-corrected chi connectivity index (χ0v) is 15.6. The van der Waals surface area contributed by atoms with Crippen LogP contribution in [0, 0.1) is 10.1 Å². The minimum absolute atomic E-state index is 0.00318. The molecule has 0 aliphatic carbocycles. The van der Waals surface area contributed by atoms with Gasteiger partial charge in [0, 0.05) is 0 Å². The van der Waals surface area contributed by atoms with Crippen molar-refractivity contribution in [1.29, 1.82) is 0 Å². The predicted octanol–water partition coefficient (Wildman–Crippen LogP) is 2.83. The Labute approximate surface area is 153 Å². The number of halogens is 1. The Bertz CT molecular complexity index is 759. The number of nitrogens with zero attached hydrogens (tertiary/aromatic N) is 1. The first kappa shape index (κ1) is 18.3. The number of nitro benzene ring substituents is 1. The number of benzene rings is 2. The van der Waals surface area contributed by atoms with Crippen molar-refractivity contribution in [3.05, 3.63) is 73.6 Å². The van der Waals surface area contributed by atoms with Gasteiger partial charge in [0.05, 0.1) is 0 Å². The molecule has 0 radical (unpaired) electrons. The third-order valence-electron chi connectivity index (χ3n) is 2.85. The third-order valence-corrected chi connectivity index (χ3v) is 5.94.